The van der Waals surface area contributed by atoms with Crippen molar-refractivity contribution in [2.24, 2.45) is 0 Å². The summed E-state index contributed by atoms with van der Waals surface area (Å²) in [6, 6.07) is 17.9. The van der Waals surface area contributed by atoms with Crippen molar-refractivity contribution in [2.45, 2.75) is 34.2 Å². The lowest BCUT2D eigenvalue weighted by Gasteiger charge is -2.26. The number of rotatable bonds is 8. The maximum atomic E-state index is 12.7. The third-order valence-corrected chi connectivity index (χ3v) is 8.04. The molecule has 0 saturated carbocycles. The molecule has 2 aromatic rings. The van der Waals surface area contributed by atoms with Gasteiger partial charge in [0.05, 0.1) is 19.8 Å². The second-order valence-electron chi connectivity index (χ2n) is 7.40. The summed E-state index contributed by atoms with van der Waals surface area (Å²) in [6.45, 7) is 3.21. The first-order valence-corrected chi connectivity index (χ1v) is 11.4. The van der Waals surface area contributed by atoms with Gasteiger partial charge in [0.25, 0.3) is 5.91 Å². The molecule has 0 aromatic heterocycles. The van der Waals surface area contributed by atoms with Crippen LogP contribution >= 0.6 is 0 Å². The van der Waals surface area contributed by atoms with Gasteiger partial charge in [-0.05, 0) is 24.2 Å². The molecule has 1 heterocycles. The van der Waals surface area contributed by atoms with Crippen LogP contribution in [0.4, 0.5) is 4.79 Å². The van der Waals surface area contributed by atoms with Gasteiger partial charge in [0, 0.05) is 6.54 Å². The molecule has 0 aliphatic carbocycles. The van der Waals surface area contributed by atoms with Gasteiger partial charge in [-0.2, -0.15) is 0 Å². The Balaban J connectivity index is 0.00000240. The number of benzene rings is 2. The minimum atomic E-state index is -3.49. The first-order valence-electron chi connectivity index (χ1n) is 9.54. The summed E-state index contributed by atoms with van der Waals surface area (Å²) in [4.78, 5) is 39.3. The van der Waals surface area contributed by atoms with E-state index < -0.39 is 20.1 Å². The highest BCUT2D eigenvalue weighted by molar-refractivity contribution is 6.91. The lowest BCUT2D eigenvalue weighted by Crippen LogP contribution is -2.62. The summed E-state index contributed by atoms with van der Waals surface area (Å²) in [6.07, 6.45) is 0. The largest absolute Gasteiger partial charge is 0.404 e. The maximum absolute atomic E-state index is 12.7. The van der Waals surface area contributed by atoms with Crippen LogP contribution in [-0.4, -0.2) is 72.0 Å². The molecule has 0 unspecified atom stereocenters. The van der Waals surface area contributed by atoms with E-state index >= 15 is 0 Å². The molecule has 0 atom stereocenters. The number of carbonyl (C=O) groups is 2. The number of β-amino-alcohol motifs (C(OH)–C–C–N with tert-alkyl or cyclic N) is 1. The van der Waals surface area contributed by atoms with Gasteiger partial charge in [-0.1, -0.05) is 75.5 Å². The second kappa shape index (κ2) is 10.7. The van der Waals surface area contributed by atoms with Crippen molar-refractivity contribution in [3.05, 3.63) is 60.7 Å². The van der Waals surface area contributed by atoms with Crippen LogP contribution < -0.4 is 10.4 Å². The van der Waals surface area contributed by atoms with E-state index in [1.807, 2.05) is 60.7 Å². The Morgan fingerprint density at radius 1 is 0.903 bits per heavy atom. The Kier molecular flexibility index (Phi) is 9.13. The minimum Gasteiger partial charge on any atom is -0.404 e. The third-order valence-electron chi connectivity index (χ3n) is 5.18. The lowest BCUT2D eigenvalue weighted by atomic mass is 10.0. The zero-order valence-corrected chi connectivity index (χ0v) is 17.6. The van der Waals surface area contributed by atoms with Crippen LogP contribution in [0.3, 0.4) is 0 Å². The number of carbonyl (C=O) groups excluding carboxylic acids is 2. The number of aliphatic hydroxyl groups excluding tert-OH is 1. The van der Waals surface area contributed by atoms with Gasteiger partial charge in [0.2, 0.25) is 0 Å². The summed E-state index contributed by atoms with van der Waals surface area (Å²) in [5, 5.41) is 10.6. The molecule has 2 aromatic carbocycles. The van der Waals surface area contributed by atoms with Gasteiger partial charge in [-0.3, -0.25) is 9.69 Å². The first-order chi connectivity index (χ1) is 13.8. The number of amides is 3. The van der Waals surface area contributed by atoms with Crippen molar-refractivity contribution < 1.29 is 23.9 Å². The normalized spacial score (nSPS) is 15.5. The van der Waals surface area contributed by atoms with E-state index in [0.29, 0.717) is 10.4 Å². The van der Waals surface area contributed by atoms with E-state index in [0.717, 1.165) is 4.90 Å². The van der Waals surface area contributed by atoms with Gasteiger partial charge >= 0.3 is 14.6 Å². The number of imide groups is 1. The topological polar surface area (TPSA) is 90.3 Å². The van der Waals surface area contributed by atoms with Crippen LogP contribution in [0.5, 0.6) is 0 Å². The lowest BCUT2D eigenvalue weighted by molar-refractivity contribution is -0.132. The maximum Gasteiger partial charge on any atom is 0.404 e. The SMILES string of the molecule is C.C.CC1(C)C(=O)N(CCO[Si](O)(c2ccccc2)c2ccccc2)C(=O)N1CCO. The smallest absolute Gasteiger partial charge is 0.404 e. The highest BCUT2D eigenvalue weighted by Gasteiger charge is 2.50. The van der Waals surface area contributed by atoms with Crippen molar-refractivity contribution in [3.8, 4) is 0 Å². The summed E-state index contributed by atoms with van der Waals surface area (Å²) in [7, 11) is -3.49. The Hall–Kier alpha value is -2.52. The molecule has 170 valence electrons. The van der Waals surface area contributed by atoms with Crippen LogP contribution in [-0.2, 0) is 9.22 Å². The second-order valence-corrected chi connectivity index (χ2v) is 10.1. The molecule has 3 amide bonds. The summed E-state index contributed by atoms with van der Waals surface area (Å²) in [5.41, 5.74) is -1.02. The average Bonchev–Trinajstić information content (AvgIpc) is 2.90. The van der Waals surface area contributed by atoms with Crippen LogP contribution in [0.1, 0.15) is 28.7 Å². The third kappa shape index (κ3) is 5.04. The monoisotopic (exact) mass is 446 g/mol. The van der Waals surface area contributed by atoms with E-state index in [9.17, 15) is 19.5 Å². The minimum absolute atomic E-state index is 0. The molecular weight excluding hydrogens is 412 g/mol. The fourth-order valence-electron chi connectivity index (χ4n) is 3.54. The van der Waals surface area contributed by atoms with Gasteiger partial charge < -0.3 is 19.2 Å². The molecule has 8 heteroatoms. The zero-order valence-electron chi connectivity index (χ0n) is 16.6. The standard InChI is InChI=1S/C21H26N2O5Si.2CH4/c1-21(2)19(25)22(20(26)23(21)13-15-24)14-16-28-29(27,17-9-5-3-6-10-17)18-11-7-4-8-12-18;;/h3-12,24,27H,13-16H2,1-2H3;2*1H4. The Morgan fingerprint density at radius 3 is 1.84 bits per heavy atom. The predicted octanol–water partition coefficient (Wildman–Crippen LogP) is 1.56. The predicted molar refractivity (Wildman–Crippen MR) is 125 cm³/mol. The quantitative estimate of drug-likeness (QED) is 0.474. The summed E-state index contributed by atoms with van der Waals surface area (Å²) >= 11 is 0. The molecule has 7 nitrogen and oxygen atoms in total. The van der Waals surface area contributed by atoms with Gasteiger partial charge in [-0.25, -0.2) is 4.79 Å². The van der Waals surface area contributed by atoms with Crippen molar-refractivity contribution in [3.63, 3.8) is 0 Å². The number of nitrogens with zero attached hydrogens (tertiary/aromatic N) is 2. The molecule has 1 aliphatic heterocycles. The molecule has 0 spiro atoms. The fraction of sp³-hybridized carbons (Fsp3) is 0.391. The van der Waals surface area contributed by atoms with Crippen molar-refractivity contribution in [1.29, 1.82) is 0 Å². The number of hydrogen-bond donors (Lipinski definition) is 2. The van der Waals surface area contributed by atoms with Crippen LogP contribution in [0.25, 0.3) is 0 Å². The molecule has 1 fully saturated rings. The molecule has 0 radical (unpaired) electrons. The molecular formula is C23H34N2O5Si. The Bertz CT molecular complexity index is 821. The first kappa shape index (κ1) is 26.5. The molecule has 3 rings (SSSR count). The zero-order chi connectivity index (χ0) is 21.1. The highest BCUT2D eigenvalue weighted by Crippen LogP contribution is 2.27. The Labute approximate surface area is 186 Å². The molecule has 2 N–H and O–H groups in total. The van der Waals surface area contributed by atoms with Crippen LogP contribution in [0.15, 0.2) is 60.7 Å². The van der Waals surface area contributed by atoms with Crippen molar-refractivity contribution >= 4 is 30.9 Å². The van der Waals surface area contributed by atoms with Crippen molar-refractivity contribution in [1.82, 2.24) is 9.80 Å². The van der Waals surface area contributed by atoms with Gasteiger partial charge in [0.1, 0.15) is 5.54 Å². The molecule has 1 saturated heterocycles. The molecule has 0 bridgehead atoms. The van der Waals surface area contributed by atoms with Crippen LogP contribution in [0, 0.1) is 0 Å². The summed E-state index contributed by atoms with van der Waals surface area (Å²) < 4.78 is 6.00. The van der Waals surface area contributed by atoms with Crippen LogP contribution in [0.2, 0.25) is 0 Å². The van der Waals surface area contributed by atoms with Gasteiger partial charge in [-0.15, -0.1) is 0 Å². The fourth-order valence-corrected chi connectivity index (χ4v) is 5.88. The van der Waals surface area contributed by atoms with Gasteiger partial charge in [0.15, 0.2) is 0 Å². The van der Waals surface area contributed by atoms with Crippen molar-refractivity contribution in [2.75, 3.05) is 26.3 Å². The van der Waals surface area contributed by atoms with E-state index in [1.165, 1.54) is 4.90 Å². The molecule has 1 aliphatic rings. The summed E-state index contributed by atoms with van der Waals surface area (Å²) in [5.74, 6) is -0.343. The number of urea groups is 1. The van der Waals surface area contributed by atoms with E-state index in [-0.39, 0.29) is 47.1 Å². The van der Waals surface area contributed by atoms with E-state index in [4.69, 9.17) is 4.43 Å². The average molecular weight is 447 g/mol. The highest BCUT2D eigenvalue weighted by atomic mass is 28.4. The number of hydrogen-bond acceptors (Lipinski definition) is 5. The van der Waals surface area contributed by atoms with E-state index in [2.05, 4.69) is 0 Å². The molecule has 31 heavy (non-hydrogen) atoms. The Morgan fingerprint density at radius 2 is 1.39 bits per heavy atom. The van der Waals surface area contributed by atoms with E-state index in [1.54, 1.807) is 13.8 Å². The number of aliphatic hydroxyl groups is 1.